The summed E-state index contributed by atoms with van der Waals surface area (Å²) in [6.45, 7) is 5.08. The summed E-state index contributed by atoms with van der Waals surface area (Å²) in [4.78, 5) is 14.2. The lowest BCUT2D eigenvalue weighted by molar-refractivity contribution is -0.133. The summed E-state index contributed by atoms with van der Waals surface area (Å²) in [6.07, 6.45) is 7.95. The highest BCUT2D eigenvalue weighted by Crippen LogP contribution is 2.21. The predicted octanol–water partition coefficient (Wildman–Crippen LogP) is 2.59. The molecule has 2 atom stereocenters. The van der Waals surface area contributed by atoms with Crippen LogP contribution in [0.1, 0.15) is 51.9 Å². The van der Waals surface area contributed by atoms with Crippen molar-refractivity contribution >= 4 is 5.91 Å². The molecule has 0 radical (unpaired) electrons. The molecule has 2 saturated heterocycles. The van der Waals surface area contributed by atoms with E-state index in [1.165, 1.54) is 25.7 Å². The molecule has 0 N–H and O–H groups in total. The Labute approximate surface area is 105 Å². The van der Waals surface area contributed by atoms with Gasteiger partial charge < -0.3 is 9.64 Å². The molecule has 2 aliphatic rings. The van der Waals surface area contributed by atoms with Gasteiger partial charge in [0.2, 0.25) is 5.91 Å². The van der Waals surface area contributed by atoms with E-state index in [4.69, 9.17) is 4.74 Å². The molecule has 0 unspecified atom stereocenters. The summed E-state index contributed by atoms with van der Waals surface area (Å²) in [5.74, 6) is 1.08. The van der Waals surface area contributed by atoms with Gasteiger partial charge in [-0.05, 0) is 38.0 Å². The summed E-state index contributed by atoms with van der Waals surface area (Å²) in [6, 6.07) is 0. The minimum atomic E-state index is 0.346. The first-order valence-corrected chi connectivity index (χ1v) is 7.19. The molecule has 0 aromatic heterocycles. The largest absolute Gasteiger partial charge is 0.378 e. The van der Waals surface area contributed by atoms with Crippen LogP contribution < -0.4 is 0 Å². The maximum atomic E-state index is 12.1. The number of ether oxygens (including phenoxy) is 1. The predicted molar refractivity (Wildman–Crippen MR) is 67.8 cm³/mol. The number of piperidine rings is 1. The summed E-state index contributed by atoms with van der Waals surface area (Å²) in [5.41, 5.74) is 0. The molecule has 0 aromatic rings. The minimum absolute atomic E-state index is 0.346. The van der Waals surface area contributed by atoms with Crippen LogP contribution >= 0.6 is 0 Å². The van der Waals surface area contributed by atoms with E-state index in [0.717, 1.165) is 38.5 Å². The van der Waals surface area contributed by atoms with Crippen molar-refractivity contribution < 1.29 is 9.53 Å². The molecular weight excluding hydrogens is 214 g/mol. The molecule has 2 rings (SSSR count). The standard InChI is InChI=1S/C14H25NO2/c1-2-12-5-3-9-15(11-12)14(16)8-7-13-6-4-10-17-13/h12-13H,2-11H2,1H3/t12-,13+/m1/s1. The van der Waals surface area contributed by atoms with Crippen molar-refractivity contribution in [2.24, 2.45) is 5.92 Å². The maximum absolute atomic E-state index is 12.1. The zero-order chi connectivity index (χ0) is 12.1. The second-order valence-electron chi connectivity index (χ2n) is 5.43. The van der Waals surface area contributed by atoms with Gasteiger partial charge in [0.15, 0.2) is 0 Å². The van der Waals surface area contributed by atoms with Gasteiger partial charge in [-0.1, -0.05) is 13.3 Å². The number of rotatable bonds is 4. The van der Waals surface area contributed by atoms with E-state index in [1.807, 2.05) is 0 Å². The zero-order valence-corrected chi connectivity index (χ0v) is 11.0. The Morgan fingerprint density at radius 1 is 1.35 bits per heavy atom. The monoisotopic (exact) mass is 239 g/mol. The minimum Gasteiger partial charge on any atom is -0.378 e. The summed E-state index contributed by atoms with van der Waals surface area (Å²) in [5, 5.41) is 0. The fourth-order valence-corrected chi connectivity index (χ4v) is 2.94. The van der Waals surface area contributed by atoms with E-state index >= 15 is 0 Å². The Morgan fingerprint density at radius 2 is 2.24 bits per heavy atom. The van der Waals surface area contributed by atoms with Gasteiger partial charge in [-0.2, -0.15) is 0 Å². The van der Waals surface area contributed by atoms with Crippen LogP contribution in [0.5, 0.6) is 0 Å². The molecule has 2 fully saturated rings. The van der Waals surface area contributed by atoms with Crippen molar-refractivity contribution in [1.29, 1.82) is 0 Å². The molecule has 3 heteroatoms. The van der Waals surface area contributed by atoms with Crippen LogP contribution in [0.25, 0.3) is 0 Å². The SMILES string of the molecule is CC[C@@H]1CCCN(C(=O)CC[C@@H]2CCCO2)C1. The van der Waals surface area contributed by atoms with E-state index < -0.39 is 0 Å². The number of hydrogen-bond donors (Lipinski definition) is 0. The molecule has 2 aliphatic heterocycles. The van der Waals surface area contributed by atoms with Gasteiger partial charge >= 0.3 is 0 Å². The molecular formula is C14H25NO2. The Balaban J connectivity index is 1.71. The van der Waals surface area contributed by atoms with Gasteiger partial charge in [0.25, 0.3) is 0 Å². The molecule has 3 nitrogen and oxygen atoms in total. The molecule has 17 heavy (non-hydrogen) atoms. The van der Waals surface area contributed by atoms with Crippen LogP contribution in [-0.4, -0.2) is 36.6 Å². The van der Waals surface area contributed by atoms with Gasteiger partial charge in [-0.15, -0.1) is 0 Å². The molecule has 0 aliphatic carbocycles. The summed E-state index contributed by atoms with van der Waals surface area (Å²) in [7, 11) is 0. The lowest BCUT2D eigenvalue weighted by Gasteiger charge is -2.32. The van der Waals surface area contributed by atoms with Crippen molar-refractivity contribution in [3.8, 4) is 0 Å². The van der Waals surface area contributed by atoms with Crippen LogP contribution in [0.3, 0.4) is 0 Å². The van der Waals surface area contributed by atoms with Crippen molar-refractivity contribution in [1.82, 2.24) is 4.90 Å². The fourth-order valence-electron chi connectivity index (χ4n) is 2.94. The van der Waals surface area contributed by atoms with Gasteiger partial charge in [0.1, 0.15) is 0 Å². The third kappa shape index (κ3) is 3.70. The van der Waals surface area contributed by atoms with Gasteiger partial charge in [0.05, 0.1) is 6.10 Å². The lowest BCUT2D eigenvalue weighted by atomic mass is 9.95. The Bertz CT molecular complexity index is 249. The molecule has 0 saturated carbocycles. The quantitative estimate of drug-likeness (QED) is 0.754. The molecule has 0 spiro atoms. The van der Waals surface area contributed by atoms with Gasteiger partial charge in [0, 0.05) is 26.1 Å². The van der Waals surface area contributed by atoms with Crippen LogP contribution in [0, 0.1) is 5.92 Å². The first kappa shape index (κ1) is 12.9. The Morgan fingerprint density at radius 3 is 2.94 bits per heavy atom. The first-order valence-electron chi connectivity index (χ1n) is 7.19. The van der Waals surface area contributed by atoms with Crippen LogP contribution in [0.15, 0.2) is 0 Å². The van der Waals surface area contributed by atoms with Gasteiger partial charge in [-0.3, -0.25) is 4.79 Å². The highest BCUT2D eigenvalue weighted by atomic mass is 16.5. The summed E-state index contributed by atoms with van der Waals surface area (Å²) < 4.78 is 5.56. The van der Waals surface area contributed by atoms with Crippen LogP contribution in [0.2, 0.25) is 0 Å². The lowest BCUT2D eigenvalue weighted by Crippen LogP contribution is -2.39. The average Bonchev–Trinajstić information content (AvgIpc) is 2.89. The number of carbonyl (C=O) groups excluding carboxylic acids is 1. The Hall–Kier alpha value is -0.570. The van der Waals surface area contributed by atoms with Crippen molar-refractivity contribution in [2.75, 3.05) is 19.7 Å². The molecule has 0 bridgehead atoms. The van der Waals surface area contributed by atoms with Crippen LogP contribution in [0.4, 0.5) is 0 Å². The van der Waals surface area contributed by atoms with Crippen molar-refractivity contribution in [2.45, 2.75) is 58.0 Å². The molecule has 1 amide bonds. The zero-order valence-electron chi connectivity index (χ0n) is 11.0. The van der Waals surface area contributed by atoms with E-state index in [-0.39, 0.29) is 0 Å². The normalized spacial score (nSPS) is 29.6. The fraction of sp³-hybridized carbons (Fsp3) is 0.929. The second-order valence-corrected chi connectivity index (χ2v) is 5.43. The van der Waals surface area contributed by atoms with E-state index in [2.05, 4.69) is 11.8 Å². The smallest absolute Gasteiger partial charge is 0.222 e. The maximum Gasteiger partial charge on any atom is 0.222 e. The van der Waals surface area contributed by atoms with E-state index in [0.29, 0.717) is 18.4 Å². The molecule has 2 heterocycles. The third-order valence-electron chi connectivity index (χ3n) is 4.15. The molecule has 98 valence electrons. The number of nitrogens with zero attached hydrogens (tertiary/aromatic N) is 1. The summed E-state index contributed by atoms with van der Waals surface area (Å²) >= 11 is 0. The Kier molecular flexibility index (Phi) is 4.84. The first-order chi connectivity index (χ1) is 8.29. The second kappa shape index (κ2) is 6.39. The number of amides is 1. The average molecular weight is 239 g/mol. The highest BCUT2D eigenvalue weighted by Gasteiger charge is 2.23. The van der Waals surface area contributed by atoms with Gasteiger partial charge in [-0.25, -0.2) is 0 Å². The van der Waals surface area contributed by atoms with E-state index in [1.54, 1.807) is 0 Å². The number of likely N-dealkylation sites (tertiary alicyclic amines) is 1. The van der Waals surface area contributed by atoms with Crippen molar-refractivity contribution in [3.63, 3.8) is 0 Å². The third-order valence-corrected chi connectivity index (χ3v) is 4.15. The number of carbonyl (C=O) groups is 1. The highest BCUT2D eigenvalue weighted by molar-refractivity contribution is 5.76. The van der Waals surface area contributed by atoms with Crippen LogP contribution in [-0.2, 0) is 9.53 Å². The molecule has 0 aromatic carbocycles. The topological polar surface area (TPSA) is 29.5 Å². The van der Waals surface area contributed by atoms with E-state index in [9.17, 15) is 4.79 Å². The number of hydrogen-bond acceptors (Lipinski definition) is 2. The van der Waals surface area contributed by atoms with Crippen molar-refractivity contribution in [3.05, 3.63) is 0 Å².